The maximum atomic E-state index is 12.4. The van der Waals surface area contributed by atoms with E-state index in [1.165, 1.54) is 32.2 Å². The minimum Gasteiger partial charge on any atom is -0.340 e. The normalized spacial score (nSPS) is 35.0. The van der Waals surface area contributed by atoms with Gasteiger partial charge in [0.15, 0.2) is 0 Å². The van der Waals surface area contributed by atoms with E-state index in [9.17, 15) is 4.79 Å². The first-order valence-electron chi connectivity index (χ1n) is 8.50. The van der Waals surface area contributed by atoms with Gasteiger partial charge in [0.1, 0.15) is 0 Å². The molecule has 20 heavy (non-hydrogen) atoms. The predicted octanol–water partition coefficient (Wildman–Crippen LogP) is 1.59. The van der Waals surface area contributed by atoms with E-state index in [4.69, 9.17) is 5.73 Å². The number of nitrogens with two attached hydrogens (primary N) is 1. The molecule has 0 radical (unpaired) electrons. The van der Waals surface area contributed by atoms with Crippen LogP contribution in [0.4, 0.5) is 0 Å². The lowest BCUT2D eigenvalue weighted by molar-refractivity contribution is -0.134. The first-order chi connectivity index (χ1) is 9.72. The van der Waals surface area contributed by atoms with E-state index in [1.807, 2.05) is 0 Å². The fraction of sp³-hybridized carbons (Fsp3) is 0.938. The van der Waals surface area contributed by atoms with Crippen LogP contribution in [0, 0.1) is 5.92 Å². The van der Waals surface area contributed by atoms with Crippen LogP contribution in [-0.4, -0.2) is 54.0 Å². The first-order valence-corrected chi connectivity index (χ1v) is 8.50. The molecule has 0 aromatic rings. The number of hydrogen-bond donors (Lipinski definition) is 1. The molecular weight excluding hydrogens is 250 g/mol. The van der Waals surface area contributed by atoms with Crippen molar-refractivity contribution in [2.45, 2.75) is 63.5 Å². The van der Waals surface area contributed by atoms with Crippen LogP contribution in [0.15, 0.2) is 0 Å². The summed E-state index contributed by atoms with van der Waals surface area (Å²) in [6.07, 6.45) is 9.19. The Morgan fingerprint density at radius 3 is 2.65 bits per heavy atom. The number of hydrogen-bond acceptors (Lipinski definition) is 3. The van der Waals surface area contributed by atoms with Crippen LogP contribution in [0.1, 0.15) is 51.4 Å². The lowest BCUT2D eigenvalue weighted by Crippen LogP contribution is -2.52. The van der Waals surface area contributed by atoms with Crippen LogP contribution in [-0.2, 0) is 4.79 Å². The average molecular weight is 279 g/mol. The Labute approximate surface area is 122 Å². The van der Waals surface area contributed by atoms with Gasteiger partial charge in [-0.15, -0.1) is 0 Å². The molecule has 2 saturated heterocycles. The Morgan fingerprint density at radius 2 is 1.85 bits per heavy atom. The van der Waals surface area contributed by atoms with Crippen LogP contribution in [0.2, 0.25) is 0 Å². The van der Waals surface area contributed by atoms with E-state index in [0.717, 1.165) is 51.2 Å². The largest absolute Gasteiger partial charge is 0.340 e. The van der Waals surface area contributed by atoms with Gasteiger partial charge >= 0.3 is 0 Å². The Morgan fingerprint density at radius 1 is 1.05 bits per heavy atom. The predicted molar refractivity (Wildman–Crippen MR) is 80.3 cm³/mol. The molecule has 114 valence electrons. The SMILES string of the molecule is NC1CCC(CCC(=O)N2CCN3CCCC3C2)CC1. The second-order valence-corrected chi connectivity index (χ2v) is 6.99. The number of fused-ring (bicyclic) bond motifs is 1. The summed E-state index contributed by atoms with van der Waals surface area (Å²) in [5, 5.41) is 0. The third kappa shape index (κ3) is 3.34. The highest BCUT2D eigenvalue weighted by atomic mass is 16.2. The van der Waals surface area contributed by atoms with Crippen molar-refractivity contribution >= 4 is 5.91 Å². The van der Waals surface area contributed by atoms with Gasteiger partial charge in [0.25, 0.3) is 0 Å². The van der Waals surface area contributed by atoms with E-state index < -0.39 is 0 Å². The van der Waals surface area contributed by atoms with Crippen LogP contribution in [0.5, 0.6) is 0 Å². The molecule has 1 unspecified atom stereocenters. The van der Waals surface area contributed by atoms with Crippen molar-refractivity contribution in [3.05, 3.63) is 0 Å². The third-order valence-corrected chi connectivity index (χ3v) is 5.60. The second-order valence-electron chi connectivity index (χ2n) is 6.99. The van der Waals surface area contributed by atoms with Gasteiger partial charge in [0.2, 0.25) is 5.91 Å². The maximum absolute atomic E-state index is 12.4. The Bertz CT molecular complexity index is 339. The number of amides is 1. The fourth-order valence-corrected chi connectivity index (χ4v) is 4.18. The number of piperazine rings is 1. The van der Waals surface area contributed by atoms with Crippen molar-refractivity contribution in [1.82, 2.24) is 9.80 Å². The van der Waals surface area contributed by atoms with E-state index in [2.05, 4.69) is 9.80 Å². The molecule has 1 atom stereocenters. The third-order valence-electron chi connectivity index (χ3n) is 5.60. The molecule has 3 fully saturated rings. The summed E-state index contributed by atoms with van der Waals surface area (Å²) in [6.45, 7) is 4.27. The first kappa shape index (κ1) is 14.3. The van der Waals surface area contributed by atoms with Gasteiger partial charge < -0.3 is 10.6 Å². The summed E-state index contributed by atoms with van der Waals surface area (Å²) < 4.78 is 0. The summed E-state index contributed by atoms with van der Waals surface area (Å²) in [5.74, 6) is 1.14. The summed E-state index contributed by atoms with van der Waals surface area (Å²) in [6, 6.07) is 1.07. The van der Waals surface area contributed by atoms with Gasteiger partial charge in [-0.25, -0.2) is 0 Å². The monoisotopic (exact) mass is 279 g/mol. The van der Waals surface area contributed by atoms with Crippen molar-refractivity contribution < 1.29 is 4.79 Å². The lowest BCUT2D eigenvalue weighted by Gasteiger charge is -2.37. The number of nitrogens with zero attached hydrogens (tertiary/aromatic N) is 2. The molecule has 1 aliphatic carbocycles. The molecule has 4 heteroatoms. The molecule has 2 aliphatic heterocycles. The topological polar surface area (TPSA) is 49.6 Å². The van der Waals surface area contributed by atoms with Gasteiger partial charge in [-0.3, -0.25) is 9.69 Å². The molecule has 0 aromatic carbocycles. The molecular formula is C16H29N3O. The van der Waals surface area contributed by atoms with Gasteiger partial charge in [-0.2, -0.15) is 0 Å². The minimum atomic E-state index is 0.395. The number of carbonyl (C=O) groups excluding carboxylic acids is 1. The zero-order valence-electron chi connectivity index (χ0n) is 12.6. The standard InChI is InChI=1S/C16H29N3O/c17-14-6-3-13(4-7-14)5-8-16(20)19-11-10-18-9-1-2-15(18)12-19/h13-15H,1-12,17H2. The summed E-state index contributed by atoms with van der Waals surface area (Å²) in [7, 11) is 0. The fourth-order valence-electron chi connectivity index (χ4n) is 4.18. The van der Waals surface area contributed by atoms with Crippen LogP contribution in [0.3, 0.4) is 0 Å². The molecule has 1 saturated carbocycles. The number of rotatable bonds is 3. The van der Waals surface area contributed by atoms with Crippen molar-refractivity contribution in [3.8, 4) is 0 Å². The van der Waals surface area contributed by atoms with Gasteiger partial charge in [-0.05, 0) is 57.4 Å². The zero-order chi connectivity index (χ0) is 13.9. The Kier molecular flexibility index (Phi) is 4.61. The molecule has 4 nitrogen and oxygen atoms in total. The van der Waals surface area contributed by atoms with Gasteiger partial charge in [-0.1, -0.05) is 0 Å². The molecule has 0 bridgehead atoms. The molecule has 3 aliphatic rings. The second kappa shape index (κ2) is 6.44. The summed E-state index contributed by atoms with van der Waals surface area (Å²) >= 11 is 0. The van der Waals surface area contributed by atoms with Crippen LogP contribution >= 0.6 is 0 Å². The molecule has 0 aromatic heterocycles. The van der Waals surface area contributed by atoms with E-state index in [1.54, 1.807) is 0 Å². The highest BCUT2D eigenvalue weighted by molar-refractivity contribution is 5.76. The van der Waals surface area contributed by atoms with Gasteiger partial charge in [0, 0.05) is 38.1 Å². The zero-order valence-corrected chi connectivity index (χ0v) is 12.6. The minimum absolute atomic E-state index is 0.395. The van der Waals surface area contributed by atoms with Crippen molar-refractivity contribution in [1.29, 1.82) is 0 Å². The Hall–Kier alpha value is -0.610. The summed E-state index contributed by atoms with van der Waals surface area (Å²) in [4.78, 5) is 17.1. The molecule has 2 heterocycles. The van der Waals surface area contributed by atoms with E-state index >= 15 is 0 Å². The lowest BCUT2D eigenvalue weighted by atomic mass is 9.83. The maximum Gasteiger partial charge on any atom is 0.222 e. The average Bonchev–Trinajstić information content (AvgIpc) is 2.93. The van der Waals surface area contributed by atoms with Crippen molar-refractivity contribution in [2.75, 3.05) is 26.2 Å². The van der Waals surface area contributed by atoms with Crippen molar-refractivity contribution in [2.24, 2.45) is 11.7 Å². The van der Waals surface area contributed by atoms with E-state index in [0.29, 0.717) is 18.0 Å². The molecule has 1 amide bonds. The van der Waals surface area contributed by atoms with Crippen LogP contribution in [0.25, 0.3) is 0 Å². The smallest absolute Gasteiger partial charge is 0.222 e. The number of carbonyl (C=O) groups is 1. The molecule has 2 N–H and O–H groups in total. The Balaban J connectivity index is 1.40. The molecule has 0 spiro atoms. The van der Waals surface area contributed by atoms with Gasteiger partial charge in [0.05, 0.1) is 0 Å². The van der Waals surface area contributed by atoms with Crippen LogP contribution < -0.4 is 5.73 Å². The highest BCUT2D eigenvalue weighted by Gasteiger charge is 2.32. The summed E-state index contributed by atoms with van der Waals surface area (Å²) in [5.41, 5.74) is 5.94. The quantitative estimate of drug-likeness (QED) is 0.853. The molecule has 3 rings (SSSR count). The van der Waals surface area contributed by atoms with E-state index in [-0.39, 0.29) is 0 Å². The highest BCUT2D eigenvalue weighted by Crippen LogP contribution is 2.28. The van der Waals surface area contributed by atoms with Crippen molar-refractivity contribution in [3.63, 3.8) is 0 Å².